The van der Waals surface area contributed by atoms with Gasteiger partial charge in [0, 0.05) is 6.26 Å². The van der Waals surface area contributed by atoms with E-state index in [2.05, 4.69) is 4.98 Å². The molecule has 24 heavy (non-hydrogen) atoms. The molecule has 0 aliphatic heterocycles. The van der Waals surface area contributed by atoms with Crippen LogP contribution in [0.2, 0.25) is 0 Å². The van der Waals surface area contributed by atoms with Crippen molar-refractivity contribution in [3.63, 3.8) is 0 Å². The molecular formula is C16H15N3O3S2. The second kappa shape index (κ2) is 6.31. The van der Waals surface area contributed by atoms with Gasteiger partial charge in [-0.05, 0) is 23.3 Å². The quantitative estimate of drug-likeness (QED) is 0.421. The topological polar surface area (TPSA) is 102 Å². The lowest BCUT2D eigenvalue weighted by molar-refractivity contribution is -0.120. The number of carbonyl (C=O) groups excluding carboxylic acids is 1. The first-order valence-corrected chi connectivity index (χ1v) is 9.82. The number of nitrogens with zero attached hydrogens (tertiary/aromatic N) is 1. The van der Waals surface area contributed by atoms with E-state index in [0.717, 1.165) is 22.1 Å². The monoisotopic (exact) mass is 361 g/mol. The molecule has 0 aliphatic rings. The first-order valence-electron chi connectivity index (χ1n) is 7.05. The molecule has 0 saturated heterocycles. The molecule has 0 aliphatic carbocycles. The number of nitrogens with two attached hydrogens (primary N) is 1. The smallest absolute Gasteiger partial charge is 0.259 e. The van der Waals surface area contributed by atoms with Crippen molar-refractivity contribution >= 4 is 37.3 Å². The number of carbonyl (C=O) groups is 1. The normalized spacial score (nSPS) is 12.9. The zero-order valence-electron chi connectivity index (χ0n) is 12.8. The number of nitrogens with one attached hydrogen (secondary N) is 1. The van der Waals surface area contributed by atoms with Gasteiger partial charge in [-0.3, -0.25) is 10.2 Å². The highest BCUT2D eigenvalue weighted by molar-refractivity contribution is 7.91. The number of hydrogen-bond acceptors (Lipinski definition) is 6. The van der Waals surface area contributed by atoms with Crippen LogP contribution >= 0.6 is 11.3 Å². The van der Waals surface area contributed by atoms with Gasteiger partial charge in [-0.25, -0.2) is 19.2 Å². The lowest BCUT2D eigenvalue weighted by atomic mass is 10.1. The van der Waals surface area contributed by atoms with Crippen molar-refractivity contribution in [3.8, 4) is 11.1 Å². The van der Waals surface area contributed by atoms with Gasteiger partial charge in [0.15, 0.2) is 15.1 Å². The Hall–Kier alpha value is -2.29. The Morgan fingerprint density at radius 1 is 1.17 bits per heavy atom. The molecule has 1 amide bonds. The fourth-order valence-electron chi connectivity index (χ4n) is 2.43. The van der Waals surface area contributed by atoms with E-state index in [4.69, 9.17) is 5.84 Å². The summed E-state index contributed by atoms with van der Waals surface area (Å²) in [5.74, 6) is 4.32. The average Bonchev–Trinajstić information content (AvgIpc) is 2.96. The molecule has 1 aromatic heterocycles. The molecule has 3 N–H and O–H groups in total. The molecule has 3 aromatic rings. The number of benzene rings is 2. The number of sulfone groups is 1. The molecule has 124 valence electrons. The number of hydrogen-bond donors (Lipinski definition) is 2. The van der Waals surface area contributed by atoms with Crippen LogP contribution in [0.1, 0.15) is 10.3 Å². The minimum absolute atomic E-state index is 0.209. The van der Waals surface area contributed by atoms with Crippen molar-refractivity contribution in [2.45, 2.75) is 5.25 Å². The third-order valence-electron chi connectivity index (χ3n) is 3.54. The lowest BCUT2D eigenvalue weighted by Crippen LogP contribution is -2.37. The third-order valence-corrected chi connectivity index (χ3v) is 6.07. The second-order valence-corrected chi connectivity index (χ2v) is 8.51. The van der Waals surface area contributed by atoms with Gasteiger partial charge in [0.1, 0.15) is 5.01 Å². The van der Waals surface area contributed by atoms with Crippen LogP contribution in [0.15, 0.2) is 48.5 Å². The standard InChI is InChI=1S/C16H15N3O3S2/c1-24(21,22)14(15(20)19-17)16-18-12-8-7-11(9-13(12)23-16)10-5-3-2-4-6-10/h2-9,14H,17H2,1H3,(H,19,20). The minimum Gasteiger partial charge on any atom is -0.293 e. The molecule has 1 atom stereocenters. The Balaban J connectivity index is 2.10. The van der Waals surface area contributed by atoms with E-state index in [0.29, 0.717) is 5.52 Å². The summed E-state index contributed by atoms with van der Waals surface area (Å²) in [6.45, 7) is 0. The predicted octanol–water partition coefficient (Wildman–Crippen LogP) is 2.04. The molecule has 6 nitrogen and oxygen atoms in total. The summed E-state index contributed by atoms with van der Waals surface area (Å²) in [4.78, 5) is 16.2. The SMILES string of the molecule is CS(=O)(=O)C(C(=O)NN)c1nc2ccc(-c3ccccc3)cc2s1. The number of rotatable bonds is 4. The van der Waals surface area contributed by atoms with Crippen LogP contribution in [0.25, 0.3) is 21.3 Å². The van der Waals surface area contributed by atoms with Gasteiger partial charge >= 0.3 is 0 Å². The molecule has 0 spiro atoms. The van der Waals surface area contributed by atoms with Crippen LogP contribution in [-0.4, -0.2) is 25.6 Å². The Morgan fingerprint density at radius 3 is 2.50 bits per heavy atom. The van der Waals surface area contributed by atoms with E-state index in [1.165, 1.54) is 11.3 Å². The Morgan fingerprint density at radius 2 is 1.88 bits per heavy atom. The molecule has 0 bridgehead atoms. The maximum atomic E-state index is 11.9. The van der Waals surface area contributed by atoms with E-state index in [9.17, 15) is 13.2 Å². The van der Waals surface area contributed by atoms with Crippen LogP contribution in [0, 0.1) is 0 Å². The van der Waals surface area contributed by atoms with Crippen molar-refractivity contribution < 1.29 is 13.2 Å². The minimum atomic E-state index is -3.68. The van der Waals surface area contributed by atoms with Crippen LogP contribution in [0.4, 0.5) is 0 Å². The van der Waals surface area contributed by atoms with Gasteiger partial charge in [0.25, 0.3) is 5.91 Å². The van der Waals surface area contributed by atoms with Crippen molar-refractivity contribution in [2.24, 2.45) is 5.84 Å². The molecule has 0 saturated carbocycles. The molecule has 8 heteroatoms. The van der Waals surface area contributed by atoms with Crippen LogP contribution in [-0.2, 0) is 14.6 Å². The molecule has 0 fully saturated rings. The zero-order chi connectivity index (χ0) is 17.3. The summed E-state index contributed by atoms with van der Waals surface area (Å²) < 4.78 is 24.7. The summed E-state index contributed by atoms with van der Waals surface area (Å²) in [5, 5.41) is -1.19. The molecule has 2 aromatic carbocycles. The number of amides is 1. The van der Waals surface area contributed by atoms with E-state index < -0.39 is 21.0 Å². The number of fused-ring (bicyclic) bond motifs is 1. The fraction of sp³-hybridized carbons (Fsp3) is 0.125. The second-order valence-electron chi connectivity index (χ2n) is 5.32. The van der Waals surface area contributed by atoms with Gasteiger partial charge in [-0.1, -0.05) is 36.4 Å². The number of thiazole rings is 1. The summed E-state index contributed by atoms with van der Waals surface area (Å²) >= 11 is 1.18. The molecule has 3 rings (SSSR count). The first-order chi connectivity index (χ1) is 11.4. The van der Waals surface area contributed by atoms with E-state index >= 15 is 0 Å². The maximum absolute atomic E-state index is 11.9. The number of hydrazine groups is 1. The van der Waals surface area contributed by atoms with Crippen LogP contribution in [0.5, 0.6) is 0 Å². The first kappa shape index (κ1) is 16.6. The lowest BCUT2D eigenvalue weighted by Gasteiger charge is -2.09. The highest BCUT2D eigenvalue weighted by Crippen LogP contribution is 2.33. The molecule has 1 unspecified atom stereocenters. The third kappa shape index (κ3) is 3.16. The fourth-order valence-corrected chi connectivity index (χ4v) is 4.96. The Bertz CT molecular complexity index is 998. The van der Waals surface area contributed by atoms with Crippen LogP contribution < -0.4 is 11.3 Å². The maximum Gasteiger partial charge on any atom is 0.259 e. The zero-order valence-corrected chi connectivity index (χ0v) is 14.4. The van der Waals surface area contributed by atoms with Crippen molar-refractivity contribution in [1.29, 1.82) is 0 Å². The van der Waals surface area contributed by atoms with E-state index in [1.807, 2.05) is 54.0 Å². The van der Waals surface area contributed by atoms with Gasteiger partial charge in [0.2, 0.25) is 0 Å². The summed E-state index contributed by atoms with van der Waals surface area (Å²) in [5.41, 5.74) is 4.59. The summed E-state index contributed by atoms with van der Waals surface area (Å²) in [7, 11) is -3.68. The summed E-state index contributed by atoms with van der Waals surface area (Å²) in [6.07, 6.45) is 0.994. The Kier molecular flexibility index (Phi) is 4.35. The average molecular weight is 361 g/mol. The van der Waals surface area contributed by atoms with E-state index in [1.54, 1.807) is 0 Å². The largest absolute Gasteiger partial charge is 0.293 e. The Labute approximate surface area is 143 Å². The van der Waals surface area contributed by atoms with Gasteiger partial charge in [-0.2, -0.15) is 0 Å². The van der Waals surface area contributed by atoms with E-state index in [-0.39, 0.29) is 5.01 Å². The highest BCUT2D eigenvalue weighted by Gasteiger charge is 2.33. The number of aromatic nitrogens is 1. The van der Waals surface area contributed by atoms with Gasteiger partial charge in [0.05, 0.1) is 10.2 Å². The highest BCUT2D eigenvalue weighted by atomic mass is 32.2. The van der Waals surface area contributed by atoms with Gasteiger partial charge in [-0.15, -0.1) is 11.3 Å². The predicted molar refractivity (Wildman–Crippen MR) is 95.0 cm³/mol. The van der Waals surface area contributed by atoms with Crippen molar-refractivity contribution in [1.82, 2.24) is 10.4 Å². The van der Waals surface area contributed by atoms with Crippen molar-refractivity contribution in [2.75, 3.05) is 6.26 Å². The van der Waals surface area contributed by atoms with Crippen LogP contribution in [0.3, 0.4) is 0 Å². The van der Waals surface area contributed by atoms with Gasteiger partial charge < -0.3 is 0 Å². The molecular weight excluding hydrogens is 346 g/mol. The summed E-state index contributed by atoms with van der Waals surface area (Å²) in [6, 6.07) is 15.5. The van der Waals surface area contributed by atoms with Crippen molar-refractivity contribution in [3.05, 3.63) is 53.5 Å². The molecule has 1 heterocycles. The molecule has 0 radical (unpaired) electrons.